The third-order valence-corrected chi connectivity index (χ3v) is 8.87. The molecule has 0 spiro atoms. The van der Waals surface area contributed by atoms with Gasteiger partial charge < -0.3 is 19.3 Å². The normalized spacial score (nSPS) is 14.9. The Bertz CT molecular complexity index is 539. The number of carbonyl (C=O) groups is 1. The molecule has 3 atom stereocenters. The van der Waals surface area contributed by atoms with Gasteiger partial charge in [-0.15, -0.1) is 0 Å². The minimum Gasteiger partial charge on any atom is -0.464 e. The van der Waals surface area contributed by atoms with Crippen LogP contribution in [0, 0.1) is 0 Å². The van der Waals surface area contributed by atoms with Crippen molar-refractivity contribution in [1.82, 2.24) is 0 Å². The number of ether oxygens (including phenoxy) is 3. The van der Waals surface area contributed by atoms with Crippen LogP contribution in [0.5, 0.6) is 0 Å². The molecule has 37 heavy (non-hydrogen) atoms. The Balaban J connectivity index is 4.26. The maximum absolute atomic E-state index is 11.5. The molecule has 0 rings (SSSR count). The Morgan fingerprint density at radius 2 is 1.32 bits per heavy atom. The summed E-state index contributed by atoms with van der Waals surface area (Å²) in [4.78, 5) is 11.5. The molecule has 0 aliphatic carbocycles. The molecule has 0 heterocycles. The van der Waals surface area contributed by atoms with Crippen LogP contribution in [0.15, 0.2) is 0 Å². The molecule has 0 aliphatic heterocycles. The third-order valence-electron chi connectivity index (χ3n) is 6.74. The van der Waals surface area contributed by atoms with Gasteiger partial charge in [-0.2, -0.15) is 11.8 Å². The van der Waals surface area contributed by atoms with Crippen LogP contribution in [0.4, 0.5) is 0 Å². The second-order valence-corrected chi connectivity index (χ2v) is 12.3. The number of carbonyl (C=O) groups excluding carboxylic acids is 1. The Morgan fingerprint density at radius 1 is 0.811 bits per heavy atom. The molecule has 0 fully saturated rings. The summed E-state index contributed by atoms with van der Waals surface area (Å²) in [7, 11) is 0.280. The highest BCUT2D eigenvalue weighted by molar-refractivity contribution is 7.99. The zero-order chi connectivity index (χ0) is 27.6. The molecule has 0 amide bonds. The highest BCUT2D eigenvalue weighted by Crippen LogP contribution is 2.26. The fourth-order valence-electron chi connectivity index (χ4n) is 4.31. The lowest BCUT2D eigenvalue weighted by molar-refractivity contribution is -0.193. The van der Waals surface area contributed by atoms with Crippen LogP contribution in [0.25, 0.3) is 0 Å². The lowest BCUT2D eigenvalue weighted by Gasteiger charge is -2.24. The number of thioether (sulfide) groups is 1. The van der Waals surface area contributed by atoms with Crippen molar-refractivity contribution in [2.24, 2.45) is 0 Å². The minimum absolute atomic E-state index is 0.0569. The standard InChI is InChI=1S/C29H57O6PS/c1-5-7-9-11-13-14-15-16-18-20-25-37-27(22-19-17-12-10-8-6-2)26(3)34-23-21-24-35-29(31,36-32)28(30)33-4/h26-27,31H,5-25H2,1-4H3. The van der Waals surface area contributed by atoms with E-state index in [1.807, 2.05) is 0 Å². The Labute approximate surface area is 233 Å². The second-order valence-electron chi connectivity index (χ2n) is 10.1. The van der Waals surface area contributed by atoms with Gasteiger partial charge in [0, 0.05) is 11.9 Å². The van der Waals surface area contributed by atoms with E-state index < -0.39 is 20.0 Å². The molecule has 0 bridgehead atoms. The average molecular weight is 565 g/mol. The van der Waals surface area contributed by atoms with E-state index in [-0.39, 0.29) is 12.7 Å². The molecule has 1 N–H and O–H groups in total. The van der Waals surface area contributed by atoms with E-state index in [9.17, 15) is 14.5 Å². The van der Waals surface area contributed by atoms with Crippen LogP contribution in [-0.4, -0.2) is 54.0 Å². The average Bonchev–Trinajstić information content (AvgIpc) is 2.91. The summed E-state index contributed by atoms with van der Waals surface area (Å²) in [6.45, 7) is 7.18. The van der Waals surface area contributed by atoms with Gasteiger partial charge in [-0.1, -0.05) is 110 Å². The van der Waals surface area contributed by atoms with Crippen molar-refractivity contribution in [1.29, 1.82) is 0 Å². The first kappa shape index (κ1) is 36.8. The lowest BCUT2D eigenvalue weighted by atomic mass is 10.1. The van der Waals surface area contributed by atoms with Gasteiger partial charge in [0.2, 0.25) is 8.46 Å². The van der Waals surface area contributed by atoms with Crippen LogP contribution in [0.3, 0.4) is 0 Å². The molecule has 3 unspecified atom stereocenters. The first-order valence-electron chi connectivity index (χ1n) is 15.0. The minimum atomic E-state index is -2.44. The quantitative estimate of drug-likeness (QED) is 0.0440. The number of rotatable bonds is 28. The van der Waals surface area contributed by atoms with Gasteiger partial charge in [0.05, 0.1) is 19.8 Å². The fraction of sp³-hybridized carbons (Fsp3) is 0.966. The van der Waals surface area contributed by atoms with E-state index in [0.717, 1.165) is 7.11 Å². The molecule has 0 aromatic rings. The zero-order valence-corrected chi connectivity index (χ0v) is 26.1. The van der Waals surface area contributed by atoms with Crippen molar-refractivity contribution in [3.05, 3.63) is 0 Å². The number of hydrogen-bond acceptors (Lipinski definition) is 7. The van der Waals surface area contributed by atoms with E-state index in [1.165, 1.54) is 115 Å². The van der Waals surface area contributed by atoms with Crippen LogP contribution >= 0.6 is 20.2 Å². The van der Waals surface area contributed by atoms with Gasteiger partial charge >= 0.3 is 11.5 Å². The predicted octanol–water partition coefficient (Wildman–Crippen LogP) is 8.68. The topological polar surface area (TPSA) is 82.1 Å². The Hall–Kier alpha value is -0.200. The van der Waals surface area contributed by atoms with E-state index in [1.54, 1.807) is 0 Å². The zero-order valence-electron chi connectivity index (χ0n) is 24.3. The smallest absolute Gasteiger partial charge is 0.379 e. The molecule has 0 saturated carbocycles. The Morgan fingerprint density at radius 3 is 1.84 bits per heavy atom. The van der Waals surface area contributed by atoms with Gasteiger partial charge in [-0.05, 0) is 31.9 Å². The van der Waals surface area contributed by atoms with E-state index in [2.05, 4.69) is 37.3 Å². The molecular weight excluding hydrogens is 507 g/mol. The monoisotopic (exact) mass is 564 g/mol. The van der Waals surface area contributed by atoms with Crippen molar-refractivity contribution in [3.63, 3.8) is 0 Å². The van der Waals surface area contributed by atoms with Crippen molar-refractivity contribution < 1.29 is 28.7 Å². The molecule has 0 aromatic heterocycles. The summed E-state index contributed by atoms with van der Waals surface area (Å²) < 4.78 is 26.8. The summed E-state index contributed by atoms with van der Waals surface area (Å²) in [5.74, 6) is 0.114. The molecule has 8 heteroatoms. The van der Waals surface area contributed by atoms with Gasteiger partial charge in [0.15, 0.2) is 0 Å². The second kappa shape index (κ2) is 26.0. The SMILES string of the molecule is CCCCCCCCCCCCSC(CCCCCCCC)C(C)OCCCOC(O)(P=O)C(=O)OC. The number of aliphatic hydroxyl groups is 1. The third kappa shape index (κ3) is 20.4. The van der Waals surface area contributed by atoms with E-state index >= 15 is 0 Å². The van der Waals surface area contributed by atoms with E-state index in [0.29, 0.717) is 18.3 Å². The fourth-order valence-corrected chi connectivity index (χ4v) is 5.98. The maximum atomic E-state index is 11.5. The number of esters is 1. The molecule has 0 saturated heterocycles. The summed E-state index contributed by atoms with van der Waals surface area (Å²) in [6, 6.07) is 0. The predicted molar refractivity (Wildman–Crippen MR) is 157 cm³/mol. The van der Waals surface area contributed by atoms with Crippen molar-refractivity contribution >= 4 is 26.2 Å². The number of hydrogen-bond donors (Lipinski definition) is 1. The van der Waals surface area contributed by atoms with Crippen LogP contribution in [0.2, 0.25) is 0 Å². The first-order chi connectivity index (χ1) is 17.9. The lowest BCUT2D eigenvalue weighted by Crippen LogP contribution is -2.37. The molecule has 220 valence electrons. The van der Waals surface area contributed by atoms with Gasteiger partial charge in [-0.25, -0.2) is 4.79 Å². The molecule has 0 aliphatic rings. The Kier molecular flexibility index (Phi) is 25.9. The molecule has 0 aromatic carbocycles. The van der Waals surface area contributed by atoms with Crippen LogP contribution < -0.4 is 0 Å². The molecule has 6 nitrogen and oxygen atoms in total. The van der Waals surface area contributed by atoms with Gasteiger partial charge in [0.25, 0.3) is 0 Å². The highest BCUT2D eigenvalue weighted by atomic mass is 32.2. The largest absolute Gasteiger partial charge is 0.464 e. The summed E-state index contributed by atoms with van der Waals surface area (Å²) in [6.07, 6.45) is 23.2. The van der Waals surface area contributed by atoms with Crippen LogP contribution in [-0.2, 0) is 23.6 Å². The van der Waals surface area contributed by atoms with Crippen molar-refractivity contribution in [3.8, 4) is 0 Å². The molecular formula is C29H57O6PS. The first-order valence-corrected chi connectivity index (χ1v) is 16.8. The number of unbranched alkanes of at least 4 members (excludes halogenated alkanes) is 14. The van der Waals surface area contributed by atoms with Gasteiger partial charge in [-0.3, -0.25) is 4.57 Å². The molecule has 0 radical (unpaired) electrons. The highest BCUT2D eigenvalue weighted by Gasteiger charge is 2.40. The van der Waals surface area contributed by atoms with Crippen molar-refractivity contribution in [2.75, 3.05) is 26.1 Å². The van der Waals surface area contributed by atoms with E-state index in [4.69, 9.17) is 9.47 Å². The number of methoxy groups -OCH3 is 1. The van der Waals surface area contributed by atoms with Gasteiger partial charge in [0.1, 0.15) is 0 Å². The summed E-state index contributed by atoms with van der Waals surface area (Å²) in [5.41, 5.74) is -2.44. The van der Waals surface area contributed by atoms with Crippen molar-refractivity contribution in [2.45, 2.75) is 153 Å². The van der Waals surface area contributed by atoms with Crippen LogP contribution in [0.1, 0.15) is 136 Å². The maximum Gasteiger partial charge on any atom is 0.379 e. The summed E-state index contributed by atoms with van der Waals surface area (Å²) >= 11 is 2.05. The summed E-state index contributed by atoms with van der Waals surface area (Å²) in [5, 5.41) is 10.4.